The summed E-state index contributed by atoms with van der Waals surface area (Å²) in [4.78, 5) is 13.1. The Morgan fingerprint density at radius 3 is 2.94 bits per heavy atom. The topological polar surface area (TPSA) is 44.1 Å². The Bertz CT molecular complexity index is 412. The van der Waals surface area contributed by atoms with Crippen LogP contribution in [-0.4, -0.2) is 23.7 Å². The number of amides is 1. The van der Waals surface area contributed by atoms with Crippen LogP contribution in [0, 0.1) is 11.3 Å². The Kier molecular flexibility index (Phi) is 4.81. The Morgan fingerprint density at radius 2 is 2.31 bits per heavy atom. The minimum Gasteiger partial charge on any atom is -0.341 e. The van der Waals surface area contributed by atoms with Gasteiger partial charge in [0.25, 0.3) is 0 Å². The summed E-state index contributed by atoms with van der Waals surface area (Å²) in [7, 11) is 1.73. The van der Waals surface area contributed by atoms with E-state index >= 15 is 0 Å². The van der Waals surface area contributed by atoms with Gasteiger partial charge >= 0.3 is 0 Å². The summed E-state index contributed by atoms with van der Waals surface area (Å²) < 4.78 is 0. The highest BCUT2D eigenvalue weighted by Crippen LogP contribution is 2.07. The molecule has 4 heteroatoms. The summed E-state index contributed by atoms with van der Waals surface area (Å²) in [6.07, 6.45) is 0.343. The van der Waals surface area contributed by atoms with Gasteiger partial charge in [-0.3, -0.25) is 4.79 Å². The van der Waals surface area contributed by atoms with Gasteiger partial charge in [0.1, 0.15) is 0 Å². The number of nitrogens with zero attached hydrogens (tertiary/aromatic N) is 2. The molecule has 0 heterocycles. The number of carbonyl (C=O) groups is 1. The highest BCUT2D eigenvalue weighted by atomic mass is 35.5. The van der Waals surface area contributed by atoms with E-state index in [0.29, 0.717) is 24.4 Å². The molecule has 1 amide bonds. The quantitative estimate of drug-likeness (QED) is 0.752. The number of carbonyl (C=O) groups excluding carboxylic acids is 1. The molecule has 0 saturated carbocycles. The van der Waals surface area contributed by atoms with Crippen molar-refractivity contribution in [2.75, 3.05) is 12.9 Å². The number of alkyl halides is 1. The number of hydrogen-bond acceptors (Lipinski definition) is 2. The Hall–Kier alpha value is -1.53. The van der Waals surface area contributed by atoms with Crippen LogP contribution in [-0.2, 0) is 11.3 Å². The van der Waals surface area contributed by atoms with Gasteiger partial charge in [0, 0.05) is 25.9 Å². The number of halogens is 1. The first-order valence-electron chi connectivity index (χ1n) is 4.96. The molecule has 0 radical (unpaired) electrons. The van der Waals surface area contributed by atoms with Crippen molar-refractivity contribution in [1.29, 1.82) is 5.26 Å². The van der Waals surface area contributed by atoms with Gasteiger partial charge in [-0.25, -0.2) is 0 Å². The molecule has 0 unspecified atom stereocenters. The molecule has 16 heavy (non-hydrogen) atoms. The molecule has 3 nitrogen and oxygen atoms in total. The predicted octanol–water partition coefficient (Wildman–Crippen LogP) is 2.15. The predicted molar refractivity (Wildman–Crippen MR) is 63.0 cm³/mol. The van der Waals surface area contributed by atoms with Crippen molar-refractivity contribution in [2.24, 2.45) is 0 Å². The molecule has 1 aromatic rings. The molecule has 84 valence electrons. The van der Waals surface area contributed by atoms with Crippen LogP contribution in [0.5, 0.6) is 0 Å². The minimum atomic E-state index is 0.0114. The van der Waals surface area contributed by atoms with Crippen LogP contribution in [0.1, 0.15) is 17.5 Å². The summed E-state index contributed by atoms with van der Waals surface area (Å²) in [6.45, 7) is 0.505. The van der Waals surface area contributed by atoms with Crippen LogP contribution in [0.15, 0.2) is 24.3 Å². The smallest absolute Gasteiger partial charge is 0.223 e. The van der Waals surface area contributed by atoms with Gasteiger partial charge in [0.05, 0.1) is 11.6 Å². The molecule has 0 bridgehead atoms. The highest BCUT2D eigenvalue weighted by Gasteiger charge is 2.08. The second-order valence-corrected chi connectivity index (χ2v) is 3.88. The van der Waals surface area contributed by atoms with Gasteiger partial charge < -0.3 is 4.90 Å². The first kappa shape index (κ1) is 12.5. The second kappa shape index (κ2) is 6.14. The zero-order chi connectivity index (χ0) is 12.0. The van der Waals surface area contributed by atoms with Crippen LogP contribution in [0.4, 0.5) is 0 Å². The number of hydrogen-bond donors (Lipinski definition) is 0. The molecule has 0 N–H and O–H groups in total. The van der Waals surface area contributed by atoms with E-state index < -0.39 is 0 Å². The van der Waals surface area contributed by atoms with Gasteiger partial charge in [0.15, 0.2) is 0 Å². The molecule has 0 aromatic heterocycles. The van der Waals surface area contributed by atoms with E-state index in [0.717, 1.165) is 5.56 Å². The van der Waals surface area contributed by atoms with E-state index in [-0.39, 0.29) is 5.91 Å². The van der Waals surface area contributed by atoms with Crippen LogP contribution in [0.25, 0.3) is 0 Å². The molecule has 1 aromatic carbocycles. The second-order valence-electron chi connectivity index (χ2n) is 3.50. The van der Waals surface area contributed by atoms with Gasteiger partial charge in [-0.05, 0) is 17.7 Å². The standard InChI is InChI=1S/C12H13ClN2O/c1-15(12(16)5-6-13)9-11-4-2-3-10(7-11)8-14/h2-4,7H,5-6,9H2,1H3. The normalized spacial score (nSPS) is 9.56. The number of nitriles is 1. The number of rotatable bonds is 4. The van der Waals surface area contributed by atoms with E-state index in [1.807, 2.05) is 12.1 Å². The molecular weight excluding hydrogens is 224 g/mol. The van der Waals surface area contributed by atoms with Crippen molar-refractivity contribution in [3.05, 3.63) is 35.4 Å². The Labute approximate surface area is 100 Å². The lowest BCUT2D eigenvalue weighted by Gasteiger charge is -2.16. The maximum Gasteiger partial charge on any atom is 0.223 e. The van der Waals surface area contributed by atoms with Gasteiger partial charge in [-0.2, -0.15) is 5.26 Å². The lowest BCUT2D eigenvalue weighted by molar-refractivity contribution is -0.129. The first-order chi connectivity index (χ1) is 7.67. The highest BCUT2D eigenvalue weighted by molar-refractivity contribution is 6.18. The van der Waals surface area contributed by atoms with Crippen LogP contribution >= 0.6 is 11.6 Å². The summed E-state index contributed by atoms with van der Waals surface area (Å²) in [6, 6.07) is 9.30. The van der Waals surface area contributed by atoms with E-state index in [1.54, 1.807) is 24.1 Å². The average molecular weight is 237 g/mol. The van der Waals surface area contributed by atoms with E-state index in [9.17, 15) is 4.79 Å². The van der Waals surface area contributed by atoms with E-state index in [2.05, 4.69) is 6.07 Å². The molecule has 0 aliphatic rings. The molecule has 0 spiro atoms. The molecule has 0 saturated heterocycles. The third-order valence-corrected chi connectivity index (χ3v) is 2.40. The van der Waals surface area contributed by atoms with Crippen LogP contribution in [0.3, 0.4) is 0 Å². The lowest BCUT2D eigenvalue weighted by Crippen LogP contribution is -2.26. The molecule has 1 rings (SSSR count). The summed E-state index contributed by atoms with van der Waals surface area (Å²) in [5.41, 5.74) is 1.56. The molecular formula is C12H13ClN2O. The zero-order valence-corrected chi connectivity index (χ0v) is 9.87. The lowest BCUT2D eigenvalue weighted by atomic mass is 10.1. The Balaban J connectivity index is 2.66. The molecule has 0 atom stereocenters. The van der Waals surface area contributed by atoms with Crippen molar-refractivity contribution >= 4 is 17.5 Å². The van der Waals surface area contributed by atoms with Gasteiger partial charge in [-0.1, -0.05) is 12.1 Å². The molecule has 0 fully saturated rings. The van der Waals surface area contributed by atoms with Gasteiger partial charge in [-0.15, -0.1) is 11.6 Å². The van der Waals surface area contributed by atoms with Crippen LogP contribution in [0.2, 0.25) is 0 Å². The zero-order valence-electron chi connectivity index (χ0n) is 9.11. The fourth-order valence-corrected chi connectivity index (χ4v) is 1.53. The minimum absolute atomic E-state index is 0.0114. The van der Waals surface area contributed by atoms with E-state index in [1.165, 1.54) is 0 Å². The monoisotopic (exact) mass is 236 g/mol. The first-order valence-corrected chi connectivity index (χ1v) is 5.50. The summed E-state index contributed by atoms with van der Waals surface area (Å²) >= 11 is 5.50. The summed E-state index contributed by atoms with van der Waals surface area (Å²) in [5, 5.41) is 8.74. The van der Waals surface area contributed by atoms with Crippen molar-refractivity contribution in [2.45, 2.75) is 13.0 Å². The van der Waals surface area contributed by atoms with E-state index in [4.69, 9.17) is 16.9 Å². The SMILES string of the molecule is CN(Cc1cccc(C#N)c1)C(=O)CCCl. The third-order valence-electron chi connectivity index (χ3n) is 2.21. The van der Waals surface area contributed by atoms with Crippen molar-refractivity contribution in [1.82, 2.24) is 4.90 Å². The fourth-order valence-electron chi connectivity index (χ4n) is 1.37. The number of benzene rings is 1. The van der Waals surface area contributed by atoms with Crippen molar-refractivity contribution in [3.63, 3.8) is 0 Å². The fraction of sp³-hybridized carbons (Fsp3) is 0.333. The largest absolute Gasteiger partial charge is 0.341 e. The van der Waals surface area contributed by atoms with Crippen molar-refractivity contribution < 1.29 is 4.79 Å². The average Bonchev–Trinajstić information content (AvgIpc) is 2.29. The van der Waals surface area contributed by atoms with Crippen LogP contribution < -0.4 is 0 Å². The molecule has 0 aliphatic heterocycles. The maximum absolute atomic E-state index is 11.5. The van der Waals surface area contributed by atoms with Gasteiger partial charge in [0.2, 0.25) is 5.91 Å². The maximum atomic E-state index is 11.5. The summed E-state index contributed by atoms with van der Waals surface area (Å²) in [5.74, 6) is 0.346. The van der Waals surface area contributed by atoms with Crippen molar-refractivity contribution in [3.8, 4) is 6.07 Å². The Morgan fingerprint density at radius 1 is 1.56 bits per heavy atom. The molecule has 0 aliphatic carbocycles. The third kappa shape index (κ3) is 3.56.